The molecule has 1 aromatic heterocycles. The van der Waals surface area contributed by atoms with E-state index in [4.69, 9.17) is 4.74 Å². The summed E-state index contributed by atoms with van der Waals surface area (Å²) in [7, 11) is 0. The van der Waals surface area contributed by atoms with E-state index in [-0.39, 0.29) is 17.9 Å². The zero-order chi connectivity index (χ0) is 21.9. The van der Waals surface area contributed by atoms with E-state index in [1.165, 1.54) is 17.0 Å². The van der Waals surface area contributed by atoms with E-state index in [0.717, 1.165) is 62.6 Å². The molecule has 8 nitrogen and oxygen atoms in total. The van der Waals surface area contributed by atoms with Crippen LogP contribution >= 0.6 is 11.3 Å². The van der Waals surface area contributed by atoms with Crippen molar-refractivity contribution >= 4 is 34.0 Å². The van der Waals surface area contributed by atoms with Crippen LogP contribution in [0.1, 0.15) is 23.4 Å². The van der Waals surface area contributed by atoms with Gasteiger partial charge in [0, 0.05) is 62.9 Å². The summed E-state index contributed by atoms with van der Waals surface area (Å²) in [5, 5.41) is 3.55. The molecule has 0 saturated carbocycles. The first-order chi connectivity index (χ1) is 15.7. The number of amides is 2. The van der Waals surface area contributed by atoms with Crippen LogP contribution in [0.4, 0.5) is 10.8 Å². The third kappa shape index (κ3) is 4.79. The van der Waals surface area contributed by atoms with E-state index in [2.05, 4.69) is 44.4 Å². The molecule has 2 aromatic rings. The van der Waals surface area contributed by atoms with Crippen molar-refractivity contribution in [2.24, 2.45) is 0 Å². The maximum atomic E-state index is 12.9. The molecule has 32 heavy (non-hydrogen) atoms. The van der Waals surface area contributed by atoms with E-state index in [1.54, 1.807) is 0 Å². The molecule has 3 aliphatic heterocycles. The van der Waals surface area contributed by atoms with Crippen LogP contribution in [0, 0.1) is 0 Å². The van der Waals surface area contributed by atoms with Gasteiger partial charge in [-0.05, 0) is 25.0 Å². The largest absolute Gasteiger partial charge is 0.368 e. The highest BCUT2D eigenvalue weighted by Gasteiger charge is 2.28. The Hall–Kier alpha value is -2.49. The van der Waals surface area contributed by atoms with Gasteiger partial charge in [-0.3, -0.25) is 19.8 Å². The Morgan fingerprint density at radius 1 is 1.12 bits per heavy atom. The number of anilines is 2. The van der Waals surface area contributed by atoms with Crippen LogP contribution in [-0.4, -0.2) is 78.6 Å². The number of nitrogens with zero attached hydrogens (tertiary/aromatic N) is 4. The molecule has 9 heteroatoms. The number of hydrogen-bond donors (Lipinski definition) is 1. The first-order valence-corrected chi connectivity index (χ1v) is 12.2. The maximum Gasteiger partial charge on any atom is 0.255 e. The van der Waals surface area contributed by atoms with Crippen LogP contribution in [0.3, 0.4) is 0 Å². The molecule has 0 radical (unpaired) electrons. The Morgan fingerprint density at radius 2 is 1.94 bits per heavy atom. The summed E-state index contributed by atoms with van der Waals surface area (Å²) in [6.07, 6.45) is 2.15. The van der Waals surface area contributed by atoms with Gasteiger partial charge in [-0.15, -0.1) is 11.3 Å². The lowest BCUT2D eigenvalue weighted by atomic mass is 10.2. The molecule has 2 fully saturated rings. The highest BCUT2D eigenvalue weighted by atomic mass is 32.1. The Morgan fingerprint density at radius 3 is 2.69 bits per heavy atom. The molecule has 4 heterocycles. The van der Waals surface area contributed by atoms with Gasteiger partial charge < -0.3 is 14.5 Å². The van der Waals surface area contributed by atoms with Gasteiger partial charge >= 0.3 is 0 Å². The summed E-state index contributed by atoms with van der Waals surface area (Å²) in [5.74, 6) is 0.0906. The zero-order valence-electron chi connectivity index (χ0n) is 18.2. The lowest BCUT2D eigenvalue weighted by Crippen LogP contribution is -2.51. The summed E-state index contributed by atoms with van der Waals surface area (Å²) in [6.45, 7) is 5.84. The zero-order valence-corrected chi connectivity index (χ0v) is 19.0. The monoisotopic (exact) mass is 455 g/mol. The second kappa shape index (κ2) is 9.56. The molecular formula is C23H29N5O3S. The first-order valence-electron chi connectivity index (χ1n) is 11.4. The van der Waals surface area contributed by atoms with Gasteiger partial charge in [0.1, 0.15) is 6.10 Å². The van der Waals surface area contributed by atoms with Crippen molar-refractivity contribution in [1.82, 2.24) is 14.8 Å². The Labute approximate surface area is 192 Å². The number of nitrogens with one attached hydrogen (secondary N) is 1. The van der Waals surface area contributed by atoms with Gasteiger partial charge in [-0.1, -0.05) is 18.2 Å². The number of piperazine rings is 1. The van der Waals surface area contributed by atoms with E-state index in [9.17, 15) is 9.59 Å². The van der Waals surface area contributed by atoms with Crippen molar-refractivity contribution in [2.75, 3.05) is 56.1 Å². The quantitative estimate of drug-likeness (QED) is 0.743. The van der Waals surface area contributed by atoms with E-state index in [0.29, 0.717) is 24.8 Å². The summed E-state index contributed by atoms with van der Waals surface area (Å²) >= 11 is 1.51. The number of ether oxygens (including phenoxy) is 1. The number of carbonyl (C=O) groups excluding carboxylic acids is 2. The maximum absolute atomic E-state index is 12.9. The second-order valence-corrected chi connectivity index (χ2v) is 9.63. The van der Waals surface area contributed by atoms with Gasteiger partial charge in [-0.2, -0.15) is 0 Å². The minimum absolute atomic E-state index is 0.102. The van der Waals surface area contributed by atoms with Crippen molar-refractivity contribution in [1.29, 1.82) is 0 Å². The van der Waals surface area contributed by atoms with Crippen LogP contribution in [0.5, 0.6) is 0 Å². The standard InChI is InChI=1S/C23H29N5O3S/c29-21(28-12-10-27(11-13-28)17-5-2-1-3-6-17)16-26-9-8-18-20(15-26)32-23(24-18)25-22(30)19-7-4-14-31-19/h1-3,5-6,19H,4,7-16H2,(H,24,25,30). The summed E-state index contributed by atoms with van der Waals surface area (Å²) in [6, 6.07) is 10.4. The molecule has 1 atom stereocenters. The molecule has 0 spiro atoms. The molecule has 1 N–H and O–H groups in total. The lowest BCUT2D eigenvalue weighted by molar-refractivity contribution is -0.133. The predicted octanol–water partition coefficient (Wildman–Crippen LogP) is 1.97. The van der Waals surface area contributed by atoms with Crippen molar-refractivity contribution in [3.63, 3.8) is 0 Å². The van der Waals surface area contributed by atoms with Crippen molar-refractivity contribution < 1.29 is 14.3 Å². The molecule has 0 bridgehead atoms. The SMILES string of the molecule is O=C(Nc1nc2c(s1)CN(CC(=O)N1CCN(c3ccccc3)CC1)CC2)C1CCCO1. The minimum Gasteiger partial charge on any atom is -0.368 e. The van der Waals surface area contributed by atoms with Crippen LogP contribution < -0.4 is 10.2 Å². The Kier molecular flexibility index (Phi) is 6.38. The van der Waals surface area contributed by atoms with Crippen LogP contribution in [0.2, 0.25) is 0 Å². The number of thiazole rings is 1. The Balaban J connectivity index is 1.11. The molecule has 1 unspecified atom stereocenters. The van der Waals surface area contributed by atoms with Gasteiger partial charge in [0.25, 0.3) is 5.91 Å². The van der Waals surface area contributed by atoms with Gasteiger partial charge in [0.2, 0.25) is 5.91 Å². The predicted molar refractivity (Wildman–Crippen MR) is 124 cm³/mol. The average molecular weight is 456 g/mol. The topological polar surface area (TPSA) is 78.0 Å². The van der Waals surface area contributed by atoms with Crippen LogP contribution in [0.25, 0.3) is 0 Å². The van der Waals surface area contributed by atoms with Gasteiger partial charge in [0.05, 0.1) is 12.2 Å². The van der Waals surface area contributed by atoms with Gasteiger partial charge in [0.15, 0.2) is 5.13 Å². The fourth-order valence-electron chi connectivity index (χ4n) is 4.55. The van der Waals surface area contributed by atoms with Crippen LogP contribution in [0.15, 0.2) is 30.3 Å². The molecule has 3 aliphatic rings. The Bertz CT molecular complexity index is 952. The normalized spacial score (nSPS) is 21.4. The first kappa shape index (κ1) is 21.4. The minimum atomic E-state index is -0.354. The summed E-state index contributed by atoms with van der Waals surface area (Å²) in [5.41, 5.74) is 2.26. The molecular weight excluding hydrogens is 426 g/mol. The molecule has 5 rings (SSSR count). The molecule has 0 aliphatic carbocycles. The molecule has 1 aromatic carbocycles. The third-order valence-electron chi connectivity index (χ3n) is 6.38. The van der Waals surface area contributed by atoms with Crippen molar-refractivity contribution in [3.05, 3.63) is 40.9 Å². The van der Waals surface area contributed by atoms with Crippen LogP contribution in [-0.2, 0) is 27.3 Å². The second-order valence-electron chi connectivity index (χ2n) is 8.54. The summed E-state index contributed by atoms with van der Waals surface area (Å²) in [4.78, 5) is 37.4. The smallest absolute Gasteiger partial charge is 0.255 e. The van der Waals surface area contributed by atoms with E-state index >= 15 is 0 Å². The third-order valence-corrected chi connectivity index (χ3v) is 7.37. The average Bonchev–Trinajstić information content (AvgIpc) is 3.49. The number of para-hydroxylation sites is 1. The molecule has 2 saturated heterocycles. The highest BCUT2D eigenvalue weighted by molar-refractivity contribution is 7.15. The number of fused-ring (bicyclic) bond motifs is 1. The van der Waals surface area contributed by atoms with Gasteiger partial charge in [-0.25, -0.2) is 4.98 Å². The summed E-state index contributed by atoms with van der Waals surface area (Å²) < 4.78 is 5.45. The fourth-order valence-corrected chi connectivity index (χ4v) is 5.60. The number of benzene rings is 1. The molecule has 170 valence electrons. The number of hydrogen-bond acceptors (Lipinski definition) is 7. The molecule has 2 amide bonds. The van der Waals surface area contributed by atoms with E-state index in [1.807, 2.05) is 11.0 Å². The number of carbonyl (C=O) groups is 2. The van der Waals surface area contributed by atoms with Crippen molar-refractivity contribution in [3.8, 4) is 0 Å². The van der Waals surface area contributed by atoms with E-state index < -0.39 is 0 Å². The number of aromatic nitrogens is 1. The highest BCUT2D eigenvalue weighted by Crippen LogP contribution is 2.29. The lowest BCUT2D eigenvalue weighted by Gasteiger charge is -2.37. The van der Waals surface area contributed by atoms with Crippen molar-refractivity contribution in [2.45, 2.75) is 31.9 Å². The fraction of sp³-hybridized carbons (Fsp3) is 0.522. The number of rotatable bonds is 5.